The zero-order valence-electron chi connectivity index (χ0n) is 8.44. The lowest BCUT2D eigenvalue weighted by Crippen LogP contribution is -2.29. The second kappa shape index (κ2) is 4.43. The van der Waals surface area contributed by atoms with Crippen molar-refractivity contribution in [2.75, 3.05) is 0 Å². The van der Waals surface area contributed by atoms with Crippen LogP contribution in [0.2, 0.25) is 0 Å². The van der Waals surface area contributed by atoms with Crippen LogP contribution in [0.3, 0.4) is 0 Å². The maximum absolute atomic E-state index is 9.41. The van der Waals surface area contributed by atoms with Crippen LogP contribution in [0.15, 0.2) is 16.8 Å². The first-order valence-electron chi connectivity index (χ1n) is 5.22. The molecule has 1 unspecified atom stereocenters. The van der Waals surface area contributed by atoms with Crippen molar-refractivity contribution in [2.24, 2.45) is 0 Å². The molecule has 1 aromatic rings. The second-order valence-electron chi connectivity index (χ2n) is 4.11. The molecule has 0 spiro atoms. The first-order chi connectivity index (χ1) is 6.75. The highest BCUT2D eigenvalue weighted by Gasteiger charge is 2.23. The molecular weight excluding hydrogens is 194 g/mol. The predicted molar refractivity (Wildman–Crippen MR) is 59.5 cm³/mol. The van der Waals surface area contributed by atoms with Crippen molar-refractivity contribution in [3.8, 4) is 0 Å². The maximum atomic E-state index is 9.41. The van der Waals surface area contributed by atoms with Crippen LogP contribution in [0.1, 0.15) is 37.8 Å². The SMILES string of the molecule is CC(N[C@H]1CC[C@@H](O)C1)c1ccsc1. The van der Waals surface area contributed by atoms with Crippen molar-refractivity contribution < 1.29 is 5.11 Å². The predicted octanol–water partition coefficient (Wildman–Crippen LogP) is 2.31. The molecule has 14 heavy (non-hydrogen) atoms. The number of aliphatic hydroxyl groups is 1. The van der Waals surface area contributed by atoms with E-state index in [4.69, 9.17) is 0 Å². The Kier molecular flexibility index (Phi) is 3.21. The summed E-state index contributed by atoms with van der Waals surface area (Å²) in [6.45, 7) is 2.19. The zero-order chi connectivity index (χ0) is 9.97. The van der Waals surface area contributed by atoms with Crippen molar-refractivity contribution in [3.63, 3.8) is 0 Å². The van der Waals surface area contributed by atoms with Gasteiger partial charge in [-0.1, -0.05) is 0 Å². The highest BCUT2D eigenvalue weighted by Crippen LogP contribution is 2.23. The first-order valence-corrected chi connectivity index (χ1v) is 6.16. The number of thiophene rings is 1. The number of rotatable bonds is 3. The summed E-state index contributed by atoms with van der Waals surface area (Å²) < 4.78 is 0. The molecule has 2 N–H and O–H groups in total. The molecule has 1 saturated carbocycles. The van der Waals surface area contributed by atoms with Gasteiger partial charge in [0.2, 0.25) is 0 Å². The molecule has 1 aromatic heterocycles. The highest BCUT2D eigenvalue weighted by atomic mass is 32.1. The van der Waals surface area contributed by atoms with Gasteiger partial charge in [0.05, 0.1) is 6.10 Å². The van der Waals surface area contributed by atoms with Crippen LogP contribution in [-0.2, 0) is 0 Å². The molecule has 78 valence electrons. The largest absolute Gasteiger partial charge is 0.393 e. The highest BCUT2D eigenvalue weighted by molar-refractivity contribution is 7.07. The second-order valence-corrected chi connectivity index (χ2v) is 4.89. The molecule has 0 aromatic carbocycles. The quantitative estimate of drug-likeness (QED) is 0.804. The molecule has 0 bridgehead atoms. The van der Waals surface area contributed by atoms with E-state index >= 15 is 0 Å². The topological polar surface area (TPSA) is 32.3 Å². The summed E-state index contributed by atoms with van der Waals surface area (Å²) in [5.74, 6) is 0. The van der Waals surface area contributed by atoms with E-state index in [2.05, 4.69) is 29.1 Å². The summed E-state index contributed by atoms with van der Waals surface area (Å²) in [5, 5.41) is 17.3. The minimum Gasteiger partial charge on any atom is -0.393 e. The average Bonchev–Trinajstić information content (AvgIpc) is 2.75. The van der Waals surface area contributed by atoms with Gasteiger partial charge < -0.3 is 10.4 Å². The molecule has 0 saturated heterocycles. The van der Waals surface area contributed by atoms with Crippen molar-refractivity contribution in [3.05, 3.63) is 22.4 Å². The number of hydrogen-bond acceptors (Lipinski definition) is 3. The average molecular weight is 211 g/mol. The Labute approximate surface area is 89.0 Å². The van der Waals surface area contributed by atoms with Gasteiger partial charge in [-0.05, 0) is 48.6 Å². The lowest BCUT2D eigenvalue weighted by atomic mass is 10.1. The monoisotopic (exact) mass is 211 g/mol. The lowest BCUT2D eigenvalue weighted by molar-refractivity contribution is 0.179. The standard InChI is InChI=1S/C11H17NOS/c1-8(9-4-5-14-7-9)12-10-2-3-11(13)6-10/h4-5,7-8,10-13H,2-3,6H2,1H3/t8?,10-,11+/m0/s1. The summed E-state index contributed by atoms with van der Waals surface area (Å²) in [7, 11) is 0. The third-order valence-electron chi connectivity index (χ3n) is 2.93. The molecule has 1 aliphatic rings. The zero-order valence-corrected chi connectivity index (χ0v) is 9.26. The Bertz CT molecular complexity index is 273. The Morgan fingerprint density at radius 2 is 2.43 bits per heavy atom. The minimum absolute atomic E-state index is 0.0813. The van der Waals surface area contributed by atoms with E-state index in [0.717, 1.165) is 19.3 Å². The number of nitrogens with one attached hydrogen (secondary N) is 1. The van der Waals surface area contributed by atoms with Gasteiger partial charge in [0.25, 0.3) is 0 Å². The van der Waals surface area contributed by atoms with Gasteiger partial charge in [0.1, 0.15) is 0 Å². The van der Waals surface area contributed by atoms with Gasteiger partial charge >= 0.3 is 0 Å². The van der Waals surface area contributed by atoms with Crippen molar-refractivity contribution >= 4 is 11.3 Å². The van der Waals surface area contributed by atoms with Crippen LogP contribution in [-0.4, -0.2) is 17.3 Å². The fourth-order valence-electron chi connectivity index (χ4n) is 2.08. The van der Waals surface area contributed by atoms with Crippen molar-refractivity contribution in [2.45, 2.75) is 44.4 Å². The summed E-state index contributed by atoms with van der Waals surface area (Å²) in [5.41, 5.74) is 1.36. The van der Waals surface area contributed by atoms with Crippen LogP contribution < -0.4 is 5.32 Å². The van der Waals surface area contributed by atoms with E-state index < -0.39 is 0 Å². The smallest absolute Gasteiger partial charge is 0.0555 e. The third-order valence-corrected chi connectivity index (χ3v) is 3.64. The Hall–Kier alpha value is -0.380. The van der Waals surface area contributed by atoms with Crippen molar-refractivity contribution in [1.29, 1.82) is 0 Å². The van der Waals surface area contributed by atoms with E-state index in [0.29, 0.717) is 12.1 Å². The number of hydrogen-bond donors (Lipinski definition) is 2. The lowest BCUT2D eigenvalue weighted by Gasteiger charge is -2.18. The molecular formula is C11H17NOS. The Morgan fingerprint density at radius 1 is 1.57 bits per heavy atom. The Morgan fingerprint density at radius 3 is 3.00 bits per heavy atom. The van der Waals surface area contributed by atoms with E-state index in [1.54, 1.807) is 11.3 Å². The molecule has 1 aliphatic carbocycles. The molecule has 0 amide bonds. The van der Waals surface area contributed by atoms with Gasteiger partial charge in [-0.25, -0.2) is 0 Å². The first kappa shape index (κ1) is 10.1. The van der Waals surface area contributed by atoms with Crippen LogP contribution in [0.25, 0.3) is 0 Å². The number of aliphatic hydroxyl groups excluding tert-OH is 1. The molecule has 2 rings (SSSR count). The van der Waals surface area contributed by atoms with Gasteiger partial charge in [0.15, 0.2) is 0 Å². The van der Waals surface area contributed by atoms with Crippen LogP contribution in [0.4, 0.5) is 0 Å². The van der Waals surface area contributed by atoms with Gasteiger partial charge in [-0.3, -0.25) is 0 Å². The van der Waals surface area contributed by atoms with E-state index in [1.807, 2.05) is 0 Å². The molecule has 3 heteroatoms. The fraction of sp³-hybridized carbons (Fsp3) is 0.636. The normalized spacial score (nSPS) is 29.3. The molecule has 2 nitrogen and oxygen atoms in total. The molecule has 1 heterocycles. The van der Waals surface area contributed by atoms with Gasteiger partial charge in [-0.15, -0.1) is 0 Å². The summed E-state index contributed by atoms with van der Waals surface area (Å²) in [4.78, 5) is 0. The molecule has 0 aliphatic heterocycles. The van der Waals surface area contributed by atoms with E-state index in [1.165, 1.54) is 5.56 Å². The summed E-state index contributed by atoms with van der Waals surface area (Å²) >= 11 is 1.74. The van der Waals surface area contributed by atoms with Crippen LogP contribution in [0, 0.1) is 0 Å². The van der Waals surface area contributed by atoms with Gasteiger partial charge in [-0.2, -0.15) is 11.3 Å². The third kappa shape index (κ3) is 2.35. The van der Waals surface area contributed by atoms with E-state index in [-0.39, 0.29) is 6.10 Å². The van der Waals surface area contributed by atoms with Crippen molar-refractivity contribution in [1.82, 2.24) is 5.32 Å². The maximum Gasteiger partial charge on any atom is 0.0555 e. The Balaban J connectivity index is 1.86. The summed E-state index contributed by atoms with van der Waals surface area (Å²) in [6, 6.07) is 3.07. The fourth-order valence-corrected chi connectivity index (χ4v) is 2.83. The van der Waals surface area contributed by atoms with E-state index in [9.17, 15) is 5.11 Å². The molecule has 3 atom stereocenters. The van der Waals surface area contributed by atoms with Gasteiger partial charge in [0, 0.05) is 12.1 Å². The van der Waals surface area contributed by atoms with Crippen LogP contribution in [0.5, 0.6) is 0 Å². The van der Waals surface area contributed by atoms with Crippen LogP contribution >= 0.6 is 11.3 Å². The molecule has 1 fully saturated rings. The minimum atomic E-state index is -0.0813. The summed E-state index contributed by atoms with van der Waals surface area (Å²) in [6.07, 6.45) is 2.89. The molecule has 0 radical (unpaired) electrons.